The SMILES string of the molecule is NC(=S)N(Cc1ccc(S(=O)(=O)Oc2cccc(C(F)(F)F)c2)cc1[N+](=O)[O-])C(=O)O. The predicted molar refractivity (Wildman–Crippen MR) is 103 cm³/mol. The van der Waals surface area contributed by atoms with Gasteiger partial charge in [-0.25, -0.2) is 9.69 Å². The molecule has 0 aliphatic carbocycles. The Morgan fingerprint density at radius 1 is 1.26 bits per heavy atom. The Bertz CT molecular complexity index is 1140. The van der Waals surface area contributed by atoms with Gasteiger partial charge in [0.2, 0.25) is 0 Å². The molecule has 3 N–H and O–H groups in total. The molecule has 166 valence electrons. The zero-order valence-corrected chi connectivity index (χ0v) is 16.7. The number of nitrogens with zero attached hydrogens (tertiary/aromatic N) is 2. The van der Waals surface area contributed by atoms with Crippen LogP contribution >= 0.6 is 12.2 Å². The molecule has 0 aliphatic rings. The minimum atomic E-state index is -4.76. The van der Waals surface area contributed by atoms with E-state index in [0.717, 1.165) is 24.3 Å². The molecule has 2 rings (SSSR count). The molecule has 0 atom stereocenters. The van der Waals surface area contributed by atoms with E-state index in [4.69, 9.17) is 10.8 Å². The molecule has 0 radical (unpaired) electrons. The molecule has 0 spiro atoms. The van der Waals surface area contributed by atoms with Crippen LogP contribution in [0.3, 0.4) is 0 Å². The van der Waals surface area contributed by atoms with Crippen LogP contribution in [0.15, 0.2) is 47.4 Å². The molecule has 0 saturated carbocycles. The first kappa shape index (κ1) is 23.8. The Labute approximate surface area is 177 Å². The summed E-state index contributed by atoms with van der Waals surface area (Å²) in [5.41, 5.74) is 3.06. The van der Waals surface area contributed by atoms with Crippen LogP contribution in [0, 0.1) is 10.1 Å². The van der Waals surface area contributed by atoms with Gasteiger partial charge in [0, 0.05) is 11.6 Å². The second-order valence-electron chi connectivity index (χ2n) is 5.82. The van der Waals surface area contributed by atoms with Gasteiger partial charge in [-0.15, -0.1) is 0 Å². The summed E-state index contributed by atoms with van der Waals surface area (Å²) in [6.45, 7) is -0.643. The average Bonchev–Trinajstić information content (AvgIpc) is 2.64. The van der Waals surface area contributed by atoms with Crippen LogP contribution in [0.5, 0.6) is 5.75 Å². The highest BCUT2D eigenvalue weighted by Gasteiger charge is 2.31. The van der Waals surface area contributed by atoms with Gasteiger partial charge < -0.3 is 15.0 Å². The first-order valence-electron chi connectivity index (χ1n) is 7.91. The van der Waals surface area contributed by atoms with Crippen LogP contribution in [0.4, 0.5) is 23.7 Å². The lowest BCUT2D eigenvalue weighted by Crippen LogP contribution is -2.39. The summed E-state index contributed by atoms with van der Waals surface area (Å²) in [7, 11) is -4.76. The maximum Gasteiger partial charge on any atom is 0.416 e. The van der Waals surface area contributed by atoms with Crippen molar-refractivity contribution in [3.8, 4) is 5.75 Å². The first-order chi connectivity index (χ1) is 14.2. The predicted octanol–water partition coefficient (Wildman–Crippen LogP) is 3.10. The van der Waals surface area contributed by atoms with Crippen LogP contribution in [-0.2, 0) is 22.8 Å². The lowest BCUT2D eigenvalue weighted by molar-refractivity contribution is -0.385. The number of hydrogen-bond donors (Lipinski definition) is 2. The minimum Gasteiger partial charge on any atom is -0.465 e. The maximum absolute atomic E-state index is 12.8. The first-order valence-corrected chi connectivity index (χ1v) is 9.73. The van der Waals surface area contributed by atoms with Crippen molar-refractivity contribution in [2.75, 3.05) is 0 Å². The van der Waals surface area contributed by atoms with Crippen molar-refractivity contribution in [1.82, 2.24) is 4.90 Å². The number of nitro groups is 1. The number of benzene rings is 2. The number of amides is 1. The number of alkyl halides is 3. The molecule has 0 heterocycles. The summed E-state index contributed by atoms with van der Waals surface area (Å²) < 4.78 is 67.8. The van der Waals surface area contributed by atoms with Gasteiger partial charge in [0.05, 0.1) is 17.0 Å². The lowest BCUT2D eigenvalue weighted by atomic mass is 10.1. The van der Waals surface area contributed by atoms with Gasteiger partial charge in [-0.2, -0.15) is 21.6 Å². The Kier molecular flexibility index (Phi) is 6.70. The summed E-state index contributed by atoms with van der Waals surface area (Å²) in [6, 6.07) is 5.43. The largest absolute Gasteiger partial charge is 0.465 e. The van der Waals surface area contributed by atoms with Crippen LogP contribution in [-0.4, -0.2) is 34.6 Å². The molecule has 0 aliphatic heterocycles. The number of halogens is 3. The number of hydrogen-bond acceptors (Lipinski definition) is 7. The van der Waals surface area contributed by atoms with E-state index >= 15 is 0 Å². The topological polar surface area (TPSA) is 153 Å². The molecule has 0 saturated heterocycles. The van der Waals surface area contributed by atoms with Crippen LogP contribution in [0.2, 0.25) is 0 Å². The molecule has 15 heteroatoms. The van der Waals surface area contributed by atoms with Gasteiger partial charge >= 0.3 is 22.4 Å². The number of thiocarbonyl (C=S) groups is 1. The number of nitro benzene ring substituents is 1. The number of carbonyl (C=O) groups is 1. The van der Waals surface area contributed by atoms with E-state index in [1.54, 1.807) is 0 Å². The minimum absolute atomic E-state index is 0.238. The van der Waals surface area contributed by atoms with E-state index in [0.29, 0.717) is 23.1 Å². The Morgan fingerprint density at radius 2 is 1.90 bits per heavy atom. The van der Waals surface area contributed by atoms with Gasteiger partial charge in [-0.05, 0) is 42.5 Å². The van der Waals surface area contributed by atoms with Crippen LogP contribution < -0.4 is 9.92 Å². The van der Waals surface area contributed by atoms with Gasteiger partial charge in [-0.1, -0.05) is 6.07 Å². The zero-order valence-electron chi connectivity index (χ0n) is 15.1. The van der Waals surface area contributed by atoms with Crippen molar-refractivity contribution >= 4 is 39.2 Å². The van der Waals surface area contributed by atoms with E-state index in [1.807, 2.05) is 0 Å². The van der Waals surface area contributed by atoms with Crippen molar-refractivity contribution in [1.29, 1.82) is 0 Å². The molecule has 2 aromatic carbocycles. The van der Waals surface area contributed by atoms with Crippen molar-refractivity contribution in [2.24, 2.45) is 5.73 Å². The quantitative estimate of drug-likeness (QED) is 0.275. The number of carboxylic acid groups (broad SMARTS) is 1. The van der Waals surface area contributed by atoms with Crippen LogP contribution in [0.1, 0.15) is 11.1 Å². The molecule has 31 heavy (non-hydrogen) atoms. The lowest BCUT2D eigenvalue weighted by Gasteiger charge is -2.17. The summed E-state index contributed by atoms with van der Waals surface area (Å²) in [5.74, 6) is -0.660. The fourth-order valence-electron chi connectivity index (χ4n) is 2.31. The number of nitrogens with two attached hydrogens (primary N) is 1. The Hall–Kier alpha value is -3.46. The monoisotopic (exact) mass is 479 g/mol. The zero-order chi connectivity index (χ0) is 23.6. The maximum atomic E-state index is 12.8. The number of rotatable bonds is 6. The normalized spacial score (nSPS) is 11.6. The Balaban J connectivity index is 2.42. The summed E-state index contributed by atoms with van der Waals surface area (Å²) >= 11 is 4.55. The average molecular weight is 479 g/mol. The molecule has 0 aromatic heterocycles. The second-order valence-corrected chi connectivity index (χ2v) is 7.78. The molecule has 0 fully saturated rings. The highest BCUT2D eigenvalue weighted by molar-refractivity contribution is 7.87. The van der Waals surface area contributed by atoms with E-state index < -0.39 is 60.9 Å². The third-order valence-corrected chi connectivity index (χ3v) is 5.20. The fraction of sp³-hybridized carbons (Fsp3) is 0.125. The van der Waals surface area contributed by atoms with E-state index in [1.165, 1.54) is 0 Å². The molecular formula is C16H12F3N3O7S2. The molecule has 0 unspecified atom stereocenters. The van der Waals surface area contributed by atoms with E-state index in [9.17, 15) is 36.5 Å². The van der Waals surface area contributed by atoms with Crippen LogP contribution in [0.25, 0.3) is 0 Å². The van der Waals surface area contributed by atoms with Crippen molar-refractivity contribution in [3.63, 3.8) is 0 Å². The second kappa shape index (κ2) is 8.73. The van der Waals surface area contributed by atoms with Gasteiger partial charge in [0.1, 0.15) is 10.6 Å². The highest BCUT2D eigenvalue weighted by atomic mass is 32.2. The third kappa shape index (κ3) is 5.79. The van der Waals surface area contributed by atoms with Gasteiger partial charge in [-0.3, -0.25) is 10.1 Å². The molecule has 2 aromatic rings. The molecule has 1 amide bonds. The summed E-state index contributed by atoms with van der Waals surface area (Å²) in [4.78, 5) is 21.2. The van der Waals surface area contributed by atoms with E-state index in [-0.39, 0.29) is 5.56 Å². The summed E-state index contributed by atoms with van der Waals surface area (Å²) in [5, 5.41) is 19.8. The molecular weight excluding hydrogens is 467 g/mol. The van der Waals surface area contributed by atoms with Gasteiger partial charge in [0.25, 0.3) is 5.69 Å². The van der Waals surface area contributed by atoms with E-state index in [2.05, 4.69) is 16.4 Å². The smallest absolute Gasteiger partial charge is 0.416 e. The van der Waals surface area contributed by atoms with Crippen molar-refractivity contribution in [3.05, 3.63) is 63.7 Å². The molecule has 10 nitrogen and oxygen atoms in total. The third-order valence-electron chi connectivity index (χ3n) is 3.73. The van der Waals surface area contributed by atoms with Crippen molar-refractivity contribution < 1.29 is 40.6 Å². The standard InChI is InChI=1S/C16H12F3N3O7S2/c17-16(18,19)10-2-1-3-11(6-10)29-31(27,28)12-5-4-9(13(7-12)22(25)26)8-21(14(20)30)15(23)24/h1-7H,8H2,(H2,20,30)(H,23,24). The summed E-state index contributed by atoms with van der Waals surface area (Å²) in [6.07, 6.45) is -6.34. The fourth-order valence-corrected chi connectivity index (χ4v) is 3.40. The molecule has 0 bridgehead atoms. The van der Waals surface area contributed by atoms with Crippen molar-refractivity contribution in [2.45, 2.75) is 17.6 Å². The van der Waals surface area contributed by atoms with Gasteiger partial charge in [0.15, 0.2) is 5.11 Å². The Morgan fingerprint density at radius 3 is 2.42 bits per heavy atom. The highest BCUT2D eigenvalue weighted by Crippen LogP contribution is 2.32.